The number of rotatable bonds is 4. The lowest BCUT2D eigenvalue weighted by molar-refractivity contribution is -0.132. The van der Waals surface area contributed by atoms with Gasteiger partial charge in [0.15, 0.2) is 0 Å². The zero-order valence-corrected chi connectivity index (χ0v) is 12.4. The normalized spacial score (nSPS) is 17.1. The van der Waals surface area contributed by atoms with Crippen molar-refractivity contribution in [3.8, 4) is 0 Å². The molecule has 0 N–H and O–H groups in total. The summed E-state index contributed by atoms with van der Waals surface area (Å²) in [6.45, 7) is 2.20. The molecule has 0 bridgehead atoms. The van der Waals surface area contributed by atoms with Gasteiger partial charge in [-0.25, -0.2) is 4.39 Å². The Balaban J connectivity index is 2.12. The molecular formula is C15H20ClFN2O. The molecule has 1 aromatic rings. The Kier molecular flexibility index (Phi) is 5.38. The third-order valence-electron chi connectivity index (χ3n) is 3.86. The van der Waals surface area contributed by atoms with Gasteiger partial charge in [0, 0.05) is 18.2 Å². The van der Waals surface area contributed by atoms with Gasteiger partial charge in [0.05, 0.1) is 0 Å². The fourth-order valence-electron chi connectivity index (χ4n) is 2.61. The molecule has 5 heteroatoms. The van der Waals surface area contributed by atoms with Gasteiger partial charge in [-0.3, -0.25) is 4.79 Å². The summed E-state index contributed by atoms with van der Waals surface area (Å²) in [5, 5.41) is 0. The first-order valence-electron chi connectivity index (χ1n) is 6.89. The second kappa shape index (κ2) is 7.04. The molecule has 1 heterocycles. The Labute approximate surface area is 124 Å². The number of likely N-dealkylation sites (tertiary alicyclic amines) is 1. The monoisotopic (exact) mass is 298 g/mol. The van der Waals surface area contributed by atoms with Crippen molar-refractivity contribution in [2.45, 2.75) is 25.4 Å². The largest absolute Gasteiger partial charge is 0.334 e. The summed E-state index contributed by atoms with van der Waals surface area (Å²) in [7, 11) is 2.07. The summed E-state index contributed by atoms with van der Waals surface area (Å²) in [4.78, 5) is 16.0. The van der Waals surface area contributed by atoms with Crippen LogP contribution < -0.4 is 0 Å². The van der Waals surface area contributed by atoms with Gasteiger partial charge in [-0.2, -0.15) is 0 Å². The summed E-state index contributed by atoms with van der Waals surface area (Å²) in [5.74, 6) is -0.446. The van der Waals surface area contributed by atoms with Gasteiger partial charge in [-0.15, -0.1) is 11.6 Å². The molecule has 1 fully saturated rings. The van der Waals surface area contributed by atoms with Crippen LogP contribution in [0, 0.1) is 5.82 Å². The number of piperidine rings is 1. The van der Waals surface area contributed by atoms with E-state index in [2.05, 4.69) is 11.9 Å². The lowest BCUT2D eigenvalue weighted by atomic mass is 10.0. The molecule has 1 aliphatic heterocycles. The van der Waals surface area contributed by atoms with E-state index in [0.29, 0.717) is 12.1 Å². The molecule has 1 saturated heterocycles. The Bertz CT molecular complexity index is 461. The van der Waals surface area contributed by atoms with Crippen molar-refractivity contribution >= 4 is 17.5 Å². The number of nitrogens with zero attached hydrogens (tertiary/aromatic N) is 2. The third-order valence-corrected chi connectivity index (χ3v) is 4.09. The molecule has 1 aromatic carbocycles. The van der Waals surface area contributed by atoms with Crippen LogP contribution in [0.2, 0.25) is 0 Å². The Hall–Kier alpha value is -1.13. The fourth-order valence-corrected chi connectivity index (χ4v) is 2.77. The van der Waals surface area contributed by atoms with Crippen molar-refractivity contribution in [1.82, 2.24) is 9.80 Å². The van der Waals surface area contributed by atoms with Crippen molar-refractivity contribution < 1.29 is 9.18 Å². The first kappa shape index (κ1) is 15.3. The maximum absolute atomic E-state index is 13.8. The first-order chi connectivity index (χ1) is 9.61. The van der Waals surface area contributed by atoms with Gasteiger partial charge in [-0.05, 0) is 39.0 Å². The number of hydrogen-bond acceptors (Lipinski definition) is 2. The molecule has 1 aliphatic rings. The van der Waals surface area contributed by atoms with E-state index in [4.69, 9.17) is 11.6 Å². The topological polar surface area (TPSA) is 23.6 Å². The van der Waals surface area contributed by atoms with Crippen LogP contribution in [0.25, 0.3) is 0 Å². The highest BCUT2D eigenvalue weighted by atomic mass is 35.5. The molecule has 0 atom stereocenters. The molecule has 1 amide bonds. The lowest BCUT2D eigenvalue weighted by Gasteiger charge is -2.37. The van der Waals surface area contributed by atoms with Gasteiger partial charge in [0.1, 0.15) is 11.7 Å². The molecule has 2 rings (SSSR count). The zero-order chi connectivity index (χ0) is 14.5. The summed E-state index contributed by atoms with van der Waals surface area (Å²) < 4.78 is 13.8. The van der Waals surface area contributed by atoms with Gasteiger partial charge in [0.2, 0.25) is 5.91 Å². The van der Waals surface area contributed by atoms with Crippen LogP contribution in [0.3, 0.4) is 0 Å². The van der Waals surface area contributed by atoms with Gasteiger partial charge in [0.25, 0.3) is 0 Å². The molecule has 0 unspecified atom stereocenters. The Morgan fingerprint density at radius 1 is 1.40 bits per heavy atom. The number of alkyl halides is 1. The maximum Gasteiger partial charge on any atom is 0.238 e. The van der Waals surface area contributed by atoms with E-state index >= 15 is 0 Å². The average Bonchev–Trinajstić information content (AvgIpc) is 2.47. The standard InChI is InChI=1S/C15H20ClFN2O/c1-18-8-6-13(7-9-18)19(15(20)10-16)11-12-4-2-3-5-14(12)17/h2-5,13H,6-11H2,1H3. The predicted octanol–water partition coefficient (Wildman–Crippen LogP) is 2.49. The number of carbonyl (C=O) groups excluding carboxylic acids is 1. The van der Waals surface area contributed by atoms with Crippen LogP contribution >= 0.6 is 11.6 Å². The third kappa shape index (κ3) is 3.70. The highest BCUT2D eigenvalue weighted by molar-refractivity contribution is 6.27. The van der Waals surface area contributed by atoms with Crippen LogP contribution in [0.5, 0.6) is 0 Å². The molecule has 110 valence electrons. The van der Waals surface area contributed by atoms with Crippen molar-refractivity contribution in [3.63, 3.8) is 0 Å². The maximum atomic E-state index is 13.8. The Morgan fingerprint density at radius 3 is 2.65 bits per heavy atom. The Morgan fingerprint density at radius 2 is 2.05 bits per heavy atom. The first-order valence-corrected chi connectivity index (χ1v) is 7.42. The summed E-state index contributed by atoms with van der Waals surface area (Å²) in [5.41, 5.74) is 0.546. The van der Waals surface area contributed by atoms with E-state index in [1.54, 1.807) is 23.1 Å². The average molecular weight is 299 g/mol. The van der Waals surface area contributed by atoms with Crippen LogP contribution in [-0.2, 0) is 11.3 Å². The van der Waals surface area contributed by atoms with Crippen LogP contribution in [0.4, 0.5) is 4.39 Å². The number of carbonyl (C=O) groups is 1. The van der Waals surface area contributed by atoms with Crippen molar-refractivity contribution in [2.24, 2.45) is 0 Å². The molecular weight excluding hydrogens is 279 g/mol. The second-order valence-corrected chi connectivity index (χ2v) is 5.55. The summed E-state index contributed by atoms with van der Waals surface area (Å²) >= 11 is 5.71. The van der Waals surface area contributed by atoms with E-state index in [1.807, 2.05) is 0 Å². The molecule has 0 aromatic heterocycles. The number of halogens is 2. The van der Waals surface area contributed by atoms with Crippen LogP contribution in [0.15, 0.2) is 24.3 Å². The zero-order valence-electron chi connectivity index (χ0n) is 11.7. The van der Waals surface area contributed by atoms with E-state index in [1.165, 1.54) is 6.07 Å². The van der Waals surface area contributed by atoms with Crippen molar-refractivity contribution in [1.29, 1.82) is 0 Å². The summed E-state index contributed by atoms with van der Waals surface area (Å²) in [6.07, 6.45) is 1.82. The van der Waals surface area contributed by atoms with Gasteiger partial charge >= 0.3 is 0 Å². The molecule has 0 spiro atoms. The van der Waals surface area contributed by atoms with E-state index in [0.717, 1.165) is 25.9 Å². The SMILES string of the molecule is CN1CCC(N(Cc2ccccc2F)C(=O)CCl)CC1. The highest BCUT2D eigenvalue weighted by Gasteiger charge is 2.27. The number of benzene rings is 1. The molecule has 3 nitrogen and oxygen atoms in total. The van der Waals surface area contributed by atoms with E-state index in [-0.39, 0.29) is 23.6 Å². The lowest BCUT2D eigenvalue weighted by Crippen LogP contribution is -2.46. The fraction of sp³-hybridized carbons (Fsp3) is 0.533. The smallest absolute Gasteiger partial charge is 0.238 e. The molecule has 0 aliphatic carbocycles. The van der Waals surface area contributed by atoms with Crippen molar-refractivity contribution in [3.05, 3.63) is 35.6 Å². The predicted molar refractivity (Wildman–Crippen MR) is 78.2 cm³/mol. The molecule has 0 radical (unpaired) electrons. The minimum atomic E-state index is -0.271. The van der Waals surface area contributed by atoms with E-state index in [9.17, 15) is 9.18 Å². The van der Waals surface area contributed by atoms with Crippen LogP contribution in [-0.4, -0.2) is 47.8 Å². The molecule has 20 heavy (non-hydrogen) atoms. The van der Waals surface area contributed by atoms with E-state index < -0.39 is 0 Å². The number of amides is 1. The van der Waals surface area contributed by atoms with Crippen LogP contribution in [0.1, 0.15) is 18.4 Å². The minimum Gasteiger partial charge on any atom is -0.334 e. The highest BCUT2D eigenvalue weighted by Crippen LogP contribution is 2.20. The quantitative estimate of drug-likeness (QED) is 0.797. The van der Waals surface area contributed by atoms with Gasteiger partial charge < -0.3 is 9.80 Å². The van der Waals surface area contributed by atoms with Gasteiger partial charge in [-0.1, -0.05) is 18.2 Å². The second-order valence-electron chi connectivity index (χ2n) is 5.28. The number of hydrogen-bond donors (Lipinski definition) is 0. The molecule has 0 saturated carbocycles. The minimum absolute atomic E-state index is 0.0548. The summed E-state index contributed by atoms with van der Waals surface area (Å²) in [6, 6.07) is 6.74. The van der Waals surface area contributed by atoms with Crippen molar-refractivity contribution in [2.75, 3.05) is 26.0 Å².